The Morgan fingerprint density at radius 1 is 1.19 bits per heavy atom. The van der Waals surface area contributed by atoms with Crippen LogP contribution in [0.1, 0.15) is 22.3 Å². The molecule has 1 amide bonds. The maximum Gasteiger partial charge on any atom is 0.251 e. The van der Waals surface area contributed by atoms with Crippen molar-refractivity contribution in [2.45, 2.75) is 13.0 Å². The van der Waals surface area contributed by atoms with E-state index < -0.39 is 0 Å². The van der Waals surface area contributed by atoms with Crippen LogP contribution in [0.3, 0.4) is 0 Å². The van der Waals surface area contributed by atoms with Crippen molar-refractivity contribution in [3.8, 4) is 5.88 Å². The predicted octanol–water partition coefficient (Wildman–Crippen LogP) is 2.11. The van der Waals surface area contributed by atoms with Gasteiger partial charge < -0.3 is 14.8 Å². The average molecular weight is 355 g/mol. The summed E-state index contributed by atoms with van der Waals surface area (Å²) in [6.45, 7) is 5.60. The minimum atomic E-state index is -0.0982. The van der Waals surface area contributed by atoms with Gasteiger partial charge in [0.15, 0.2) is 0 Å². The molecule has 0 aliphatic carbocycles. The van der Waals surface area contributed by atoms with E-state index in [2.05, 4.69) is 15.2 Å². The topological polar surface area (TPSA) is 63.7 Å². The molecule has 1 fully saturated rings. The molecule has 1 N–H and O–H groups in total. The predicted molar refractivity (Wildman–Crippen MR) is 99.2 cm³/mol. The molecule has 0 saturated carbocycles. The molecule has 26 heavy (non-hydrogen) atoms. The number of morpholine rings is 1. The SMILES string of the molecule is O=C(NCCCN1CCOCC1)c1ccnc(OCc2ccccc2)c1. The molecule has 1 saturated heterocycles. The second-order valence-corrected chi connectivity index (χ2v) is 6.22. The molecule has 1 aromatic heterocycles. The Bertz CT molecular complexity index is 688. The first-order valence-electron chi connectivity index (χ1n) is 9.02. The number of amides is 1. The van der Waals surface area contributed by atoms with Crippen LogP contribution in [0.4, 0.5) is 0 Å². The summed E-state index contributed by atoms with van der Waals surface area (Å²) < 4.78 is 11.0. The quantitative estimate of drug-likeness (QED) is 0.735. The Morgan fingerprint density at radius 2 is 2.00 bits per heavy atom. The molecule has 6 heteroatoms. The van der Waals surface area contributed by atoms with Crippen molar-refractivity contribution in [2.75, 3.05) is 39.4 Å². The maximum atomic E-state index is 12.3. The van der Waals surface area contributed by atoms with E-state index in [1.807, 2.05) is 30.3 Å². The molecule has 0 spiro atoms. The number of benzene rings is 1. The minimum Gasteiger partial charge on any atom is -0.473 e. The highest BCUT2D eigenvalue weighted by Gasteiger charge is 2.10. The highest BCUT2D eigenvalue weighted by molar-refractivity contribution is 5.94. The molecule has 6 nitrogen and oxygen atoms in total. The molecule has 0 unspecified atom stereocenters. The number of hydrogen-bond acceptors (Lipinski definition) is 5. The monoisotopic (exact) mass is 355 g/mol. The average Bonchev–Trinajstić information content (AvgIpc) is 2.71. The molecule has 0 atom stereocenters. The summed E-state index contributed by atoms with van der Waals surface area (Å²) in [4.78, 5) is 18.8. The first-order valence-corrected chi connectivity index (χ1v) is 9.02. The maximum absolute atomic E-state index is 12.3. The third-order valence-corrected chi connectivity index (χ3v) is 4.27. The summed E-state index contributed by atoms with van der Waals surface area (Å²) in [5.41, 5.74) is 1.63. The van der Waals surface area contributed by atoms with Crippen molar-refractivity contribution < 1.29 is 14.3 Å². The molecule has 0 radical (unpaired) electrons. The number of nitrogens with zero attached hydrogens (tertiary/aromatic N) is 2. The largest absolute Gasteiger partial charge is 0.473 e. The Hall–Kier alpha value is -2.44. The summed E-state index contributed by atoms with van der Waals surface area (Å²) in [5, 5.41) is 2.96. The fourth-order valence-corrected chi connectivity index (χ4v) is 2.79. The molecule has 1 aromatic carbocycles. The lowest BCUT2D eigenvalue weighted by atomic mass is 10.2. The summed E-state index contributed by atoms with van der Waals surface area (Å²) in [6, 6.07) is 13.3. The molecule has 2 aromatic rings. The van der Waals surface area contributed by atoms with E-state index in [1.54, 1.807) is 18.3 Å². The van der Waals surface area contributed by atoms with Crippen LogP contribution in [0.5, 0.6) is 5.88 Å². The first kappa shape index (κ1) is 18.4. The van der Waals surface area contributed by atoms with Crippen molar-refractivity contribution in [1.29, 1.82) is 0 Å². The number of carbonyl (C=O) groups is 1. The second-order valence-electron chi connectivity index (χ2n) is 6.22. The van der Waals surface area contributed by atoms with Gasteiger partial charge in [-0.05, 0) is 24.6 Å². The van der Waals surface area contributed by atoms with E-state index >= 15 is 0 Å². The van der Waals surface area contributed by atoms with Gasteiger partial charge >= 0.3 is 0 Å². The standard InChI is InChI=1S/C20H25N3O3/c24-20(22-8-4-10-23-11-13-25-14-12-23)18-7-9-21-19(15-18)26-16-17-5-2-1-3-6-17/h1-3,5-7,9,15H,4,8,10-14,16H2,(H,22,24). The van der Waals surface area contributed by atoms with Crippen molar-refractivity contribution in [3.05, 3.63) is 59.8 Å². The zero-order valence-corrected chi connectivity index (χ0v) is 14.9. The summed E-state index contributed by atoms with van der Waals surface area (Å²) in [5.74, 6) is 0.355. The molecule has 0 bridgehead atoms. The number of carbonyl (C=O) groups excluding carboxylic acids is 1. The molecule has 1 aliphatic rings. The lowest BCUT2D eigenvalue weighted by molar-refractivity contribution is 0.0374. The molecule has 1 aliphatic heterocycles. The van der Waals surface area contributed by atoms with Crippen LogP contribution < -0.4 is 10.1 Å². The van der Waals surface area contributed by atoms with Crippen LogP contribution in [0.25, 0.3) is 0 Å². The number of hydrogen-bond donors (Lipinski definition) is 1. The molecular weight excluding hydrogens is 330 g/mol. The second kappa shape index (κ2) is 9.89. The van der Waals surface area contributed by atoms with Crippen LogP contribution in [-0.2, 0) is 11.3 Å². The van der Waals surface area contributed by atoms with Crippen LogP contribution in [0.15, 0.2) is 48.7 Å². The highest BCUT2D eigenvalue weighted by atomic mass is 16.5. The number of nitrogens with one attached hydrogen (secondary N) is 1. The summed E-state index contributed by atoms with van der Waals surface area (Å²) >= 11 is 0. The Kier molecular flexibility index (Phi) is 6.98. The van der Waals surface area contributed by atoms with Gasteiger partial charge in [0.05, 0.1) is 13.2 Å². The van der Waals surface area contributed by atoms with E-state index in [9.17, 15) is 4.79 Å². The van der Waals surface area contributed by atoms with E-state index in [0.29, 0.717) is 24.6 Å². The van der Waals surface area contributed by atoms with Gasteiger partial charge in [0.2, 0.25) is 5.88 Å². The van der Waals surface area contributed by atoms with Crippen LogP contribution >= 0.6 is 0 Å². The smallest absolute Gasteiger partial charge is 0.251 e. The van der Waals surface area contributed by atoms with E-state index in [4.69, 9.17) is 9.47 Å². The van der Waals surface area contributed by atoms with E-state index in [0.717, 1.165) is 44.8 Å². The third kappa shape index (κ3) is 5.82. The van der Waals surface area contributed by atoms with Gasteiger partial charge in [0, 0.05) is 37.5 Å². The first-order chi connectivity index (χ1) is 12.8. The Labute approximate surface area is 154 Å². The third-order valence-electron chi connectivity index (χ3n) is 4.27. The number of aromatic nitrogens is 1. The van der Waals surface area contributed by atoms with Crippen molar-refractivity contribution >= 4 is 5.91 Å². The molecule has 3 rings (SSSR count). The van der Waals surface area contributed by atoms with Gasteiger partial charge in [-0.3, -0.25) is 9.69 Å². The van der Waals surface area contributed by atoms with Crippen LogP contribution in [0, 0.1) is 0 Å². The number of pyridine rings is 1. The van der Waals surface area contributed by atoms with Gasteiger partial charge in [0.1, 0.15) is 6.61 Å². The van der Waals surface area contributed by atoms with Crippen molar-refractivity contribution in [3.63, 3.8) is 0 Å². The van der Waals surface area contributed by atoms with Gasteiger partial charge in [-0.25, -0.2) is 4.98 Å². The van der Waals surface area contributed by atoms with Gasteiger partial charge in [-0.1, -0.05) is 30.3 Å². The Balaban J connectivity index is 1.42. The van der Waals surface area contributed by atoms with E-state index in [-0.39, 0.29) is 5.91 Å². The Morgan fingerprint density at radius 3 is 2.81 bits per heavy atom. The lowest BCUT2D eigenvalue weighted by Crippen LogP contribution is -2.38. The zero-order chi connectivity index (χ0) is 18.0. The minimum absolute atomic E-state index is 0.0982. The lowest BCUT2D eigenvalue weighted by Gasteiger charge is -2.26. The van der Waals surface area contributed by atoms with Crippen LogP contribution in [-0.4, -0.2) is 55.2 Å². The number of rotatable bonds is 8. The fraction of sp³-hybridized carbons (Fsp3) is 0.400. The summed E-state index contributed by atoms with van der Waals surface area (Å²) in [6.07, 6.45) is 2.52. The number of ether oxygens (including phenoxy) is 2. The highest BCUT2D eigenvalue weighted by Crippen LogP contribution is 2.12. The normalized spacial score (nSPS) is 14.8. The fourth-order valence-electron chi connectivity index (χ4n) is 2.79. The van der Waals surface area contributed by atoms with Gasteiger partial charge in [0.25, 0.3) is 5.91 Å². The van der Waals surface area contributed by atoms with Gasteiger partial charge in [-0.2, -0.15) is 0 Å². The van der Waals surface area contributed by atoms with E-state index in [1.165, 1.54) is 0 Å². The van der Waals surface area contributed by atoms with Crippen LogP contribution in [0.2, 0.25) is 0 Å². The van der Waals surface area contributed by atoms with Crippen molar-refractivity contribution in [2.24, 2.45) is 0 Å². The zero-order valence-electron chi connectivity index (χ0n) is 14.9. The van der Waals surface area contributed by atoms with Gasteiger partial charge in [-0.15, -0.1) is 0 Å². The molecular formula is C20H25N3O3. The summed E-state index contributed by atoms with van der Waals surface area (Å²) in [7, 11) is 0. The molecule has 2 heterocycles. The molecule has 138 valence electrons. The van der Waals surface area contributed by atoms with Crippen molar-refractivity contribution in [1.82, 2.24) is 15.2 Å².